The van der Waals surface area contributed by atoms with Crippen LogP contribution in [0.4, 0.5) is 0 Å². The Kier molecular flexibility index (Phi) is 5.45. The Morgan fingerprint density at radius 1 is 1.43 bits per heavy atom. The predicted octanol–water partition coefficient (Wildman–Crippen LogP) is 0.961. The first-order valence-corrected chi connectivity index (χ1v) is 5.86. The van der Waals surface area contributed by atoms with Gasteiger partial charge in [-0.2, -0.15) is 0 Å². The number of aliphatic hydroxyl groups is 1. The SMILES string of the molecule is CC(CCN)N1CCCCCC1CO. The number of rotatable bonds is 4. The molecule has 2 atom stereocenters. The van der Waals surface area contributed by atoms with E-state index in [1.165, 1.54) is 19.3 Å². The Hall–Kier alpha value is -0.120. The Morgan fingerprint density at radius 3 is 2.86 bits per heavy atom. The van der Waals surface area contributed by atoms with Gasteiger partial charge in [0, 0.05) is 12.1 Å². The molecular weight excluding hydrogens is 176 g/mol. The number of hydrogen-bond acceptors (Lipinski definition) is 3. The number of nitrogens with zero attached hydrogens (tertiary/aromatic N) is 1. The predicted molar refractivity (Wildman–Crippen MR) is 59.2 cm³/mol. The maximum Gasteiger partial charge on any atom is 0.0586 e. The van der Waals surface area contributed by atoms with Gasteiger partial charge in [-0.1, -0.05) is 12.8 Å². The summed E-state index contributed by atoms with van der Waals surface area (Å²) in [5, 5.41) is 9.33. The van der Waals surface area contributed by atoms with E-state index in [0.29, 0.717) is 18.7 Å². The Balaban J connectivity index is 2.50. The lowest BCUT2D eigenvalue weighted by atomic mass is 10.1. The van der Waals surface area contributed by atoms with Gasteiger partial charge in [-0.05, 0) is 39.3 Å². The number of nitrogens with two attached hydrogens (primary N) is 1. The molecule has 1 aliphatic heterocycles. The highest BCUT2D eigenvalue weighted by Crippen LogP contribution is 2.19. The summed E-state index contributed by atoms with van der Waals surface area (Å²) in [6.07, 6.45) is 6.02. The van der Waals surface area contributed by atoms with Crippen LogP contribution in [0.5, 0.6) is 0 Å². The summed E-state index contributed by atoms with van der Waals surface area (Å²) in [5.74, 6) is 0. The summed E-state index contributed by atoms with van der Waals surface area (Å²) in [7, 11) is 0. The fourth-order valence-corrected chi connectivity index (χ4v) is 2.38. The summed E-state index contributed by atoms with van der Waals surface area (Å²) in [6, 6.07) is 0.897. The zero-order chi connectivity index (χ0) is 10.4. The lowest BCUT2D eigenvalue weighted by Crippen LogP contribution is -2.44. The Labute approximate surface area is 87.3 Å². The first-order valence-electron chi connectivity index (χ1n) is 5.86. The Morgan fingerprint density at radius 2 is 2.21 bits per heavy atom. The quantitative estimate of drug-likeness (QED) is 0.710. The van der Waals surface area contributed by atoms with Crippen molar-refractivity contribution in [3.8, 4) is 0 Å². The van der Waals surface area contributed by atoms with Crippen LogP contribution in [0.2, 0.25) is 0 Å². The van der Waals surface area contributed by atoms with Crippen LogP contribution in [0.15, 0.2) is 0 Å². The molecule has 3 nitrogen and oxygen atoms in total. The third-order valence-corrected chi connectivity index (χ3v) is 3.28. The molecule has 2 unspecified atom stereocenters. The van der Waals surface area contributed by atoms with Crippen molar-refractivity contribution in [3.05, 3.63) is 0 Å². The van der Waals surface area contributed by atoms with Crippen molar-refractivity contribution in [1.29, 1.82) is 0 Å². The van der Waals surface area contributed by atoms with Crippen molar-refractivity contribution in [2.45, 2.75) is 51.1 Å². The molecule has 1 aliphatic rings. The van der Waals surface area contributed by atoms with Crippen molar-refractivity contribution < 1.29 is 5.11 Å². The standard InChI is InChI=1S/C11H24N2O/c1-10(6-7-12)13-8-4-2-3-5-11(13)9-14/h10-11,14H,2-9,12H2,1H3. The van der Waals surface area contributed by atoms with Crippen molar-refractivity contribution in [2.24, 2.45) is 5.73 Å². The molecule has 0 aromatic heterocycles. The lowest BCUT2D eigenvalue weighted by Gasteiger charge is -2.34. The lowest BCUT2D eigenvalue weighted by molar-refractivity contribution is 0.0885. The smallest absolute Gasteiger partial charge is 0.0586 e. The average molecular weight is 200 g/mol. The van der Waals surface area contributed by atoms with Crippen LogP contribution >= 0.6 is 0 Å². The van der Waals surface area contributed by atoms with Gasteiger partial charge < -0.3 is 10.8 Å². The normalized spacial score (nSPS) is 27.2. The minimum absolute atomic E-state index is 0.301. The maximum absolute atomic E-state index is 9.33. The summed E-state index contributed by atoms with van der Waals surface area (Å²) in [6.45, 7) is 4.40. The first-order chi connectivity index (χ1) is 6.79. The molecule has 0 aliphatic carbocycles. The van der Waals surface area contributed by atoms with E-state index in [2.05, 4.69) is 11.8 Å². The van der Waals surface area contributed by atoms with E-state index in [1.54, 1.807) is 0 Å². The fourth-order valence-electron chi connectivity index (χ4n) is 2.38. The molecule has 1 saturated heterocycles. The molecule has 0 aromatic rings. The van der Waals surface area contributed by atoms with Crippen molar-refractivity contribution in [3.63, 3.8) is 0 Å². The van der Waals surface area contributed by atoms with Crippen LogP contribution in [0.3, 0.4) is 0 Å². The molecule has 3 heteroatoms. The summed E-state index contributed by atoms with van der Waals surface area (Å²) < 4.78 is 0. The van der Waals surface area contributed by atoms with Gasteiger partial charge in [0.05, 0.1) is 6.61 Å². The third kappa shape index (κ3) is 3.23. The van der Waals surface area contributed by atoms with Gasteiger partial charge in [-0.3, -0.25) is 4.90 Å². The molecule has 0 radical (unpaired) electrons. The molecule has 84 valence electrons. The minimum Gasteiger partial charge on any atom is -0.395 e. The highest BCUT2D eigenvalue weighted by Gasteiger charge is 2.23. The van der Waals surface area contributed by atoms with Gasteiger partial charge in [0.1, 0.15) is 0 Å². The molecule has 0 bridgehead atoms. The van der Waals surface area contributed by atoms with Gasteiger partial charge in [0.15, 0.2) is 0 Å². The van der Waals surface area contributed by atoms with Crippen molar-refractivity contribution >= 4 is 0 Å². The van der Waals surface area contributed by atoms with Crippen LogP contribution in [0.1, 0.15) is 39.0 Å². The molecule has 1 heterocycles. The van der Waals surface area contributed by atoms with Crippen LogP contribution < -0.4 is 5.73 Å². The van der Waals surface area contributed by atoms with Gasteiger partial charge in [0.2, 0.25) is 0 Å². The second kappa shape index (κ2) is 6.38. The van der Waals surface area contributed by atoms with Crippen LogP contribution in [0, 0.1) is 0 Å². The van der Waals surface area contributed by atoms with Crippen molar-refractivity contribution in [1.82, 2.24) is 4.90 Å². The second-order valence-electron chi connectivity index (χ2n) is 4.35. The average Bonchev–Trinajstić information content (AvgIpc) is 2.42. The van der Waals surface area contributed by atoms with E-state index >= 15 is 0 Å². The zero-order valence-corrected chi connectivity index (χ0v) is 9.28. The molecule has 0 amide bonds. The molecule has 1 fully saturated rings. The summed E-state index contributed by atoms with van der Waals surface area (Å²) >= 11 is 0. The van der Waals surface area contributed by atoms with Gasteiger partial charge in [0.25, 0.3) is 0 Å². The topological polar surface area (TPSA) is 49.5 Å². The maximum atomic E-state index is 9.33. The van der Waals surface area contributed by atoms with E-state index < -0.39 is 0 Å². The highest BCUT2D eigenvalue weighted by molar-refractivity contribution is 4.79. The Bertz CT molecular complexity index is 152. The van der Waals surface area contributed by atoms with E-state index in [1.807, 2.05) is 0 Å². The van der Waals surface area contributed by atoms with E-state index in [4.69, 9.17) is 5.73 Å². The number of aliphatic hydroxyl groups excluding tert-OH is 1. The summed E-state index contributed by atoms with van der Waals surface area (Å²) in [5.41, 5.74) is 5.57. The van der Waals surface area contributed by atoms with Gasteiger partial charge in [-0.15, -0.1) is 0 Å². The fraction of sp³-hybridized carbons (Fsp3) is 1.00. The van der Waals surface area contributed by atoms with Gasteiger partial charge in [-0.25, -0.2) is 0 Å². The first kappa shape index (κ1) is 12.0. The molecule has 3 N–H and O–H groups in total. The third-order valence-electron chi connectivity index (χ3n) is 3.28. The molecule has 14 heavy (non-hydrogen) atoms. The highest BCUT2D eigenvalue weighted by atomic mass is 16.3. The molecule has 0 saturated carbocycles. The monoisotopic (exact) mass is 200 g/mol. The summed E-state index contributed by atoms with van der Waals surface area (Å²) in [4.78, 5) is 2.44. The number of likely N-dealkylation sites (tertiary alicyclic amines) is 1. The molecular formula is C11H24N2O. The van der Waals surface area contributed by atoms with Crippen LogP contribution in [0.25, 0.3) is 0 Å². The minimum atomic E-state index is 0.301. The van der Waals surface area contributed by atoms with Gasteiger partial charge >= 0.3 is 0 Å². The molecule has 1 rings (SSSR count). The van der Waals surface area contributed by atoms with E-state index in [0.717, 1.165) is 25.9 Å². The zero-order valence-electron chi connectivity index (χ0n) is 9.28. The largest absolute Gasteiger partial charge is 0.395 e. The van der Waals surface area contributed by atoms with E-state index in [9.17, 15) is 5.11 Å². The van der Waals surface area contributed by atoms with Crippen LogP contribution in [-0.2, 0) is 0 Å². The van der Waals surface area contributed by atoms with Crippen LogP contribution in [-0.4, -0.2) is 41.8 Å². The molecule has 0 aromatic carbocycles. The van der Waals surface area contributed by atoms with Crippen molar-refractivity contribution in [2.75, 3.05) is 19.7 Å². The molecule has 0 spiro atoms. The number of hydrogen-bond donors (Lipinski definition) is 2. The van der Waals surface area contributed by atoms with E-state index in [-0.39, 0.29) is 0 Å². The second-order valence-corrected chi connectivity index (χ2v) is 4.35.